The fourth-order valence-corrected chi connectivity index (χ4v) is 7.39. The van der Waals surface area contributed by atoms with Gasteiger partial charge in [0.25, 0.3) is 0 Å². The zero-order chi connectivity index (χ0) is 26.4. The molecule has 6 rings (SSSR count). The van der Waals surface area contributed by atoms with Gasteiger partial charge in [0.15, 0.2) is 11.5 Å². The highest BCUT2D eigenvalue weighted by molar-refractivity contribution is 5.67. The minimum absolute atomic E-state index is 0.591. The maximum absolute atomic E-state index is 5.53. The molecule has 2 aromatic heterocycles. The first-order valence-corrected chi connectivity index (χ1v) is 14.7. The number of hydrogen-bond acceptors (Lipinski definition) is 5. The molecule has 2 saturated heterocycles. The van der Waals surface area contributed by atoms with E-state index in [1.54, 1.807) is 14.2 Å². The molecule has 3 fully saturated rings. The normalized spacial score (nSPS) is 25.7. The van der Waals surface area contributed by atoms with Crippen LogP contribution in [0.3, 0.4) is 0 Å². The number of imidazole rings is 1. The molecule has 4 heterocycles. The van der Waals surface area contributed by atoms with Crippen molar-refractivity contribution in [3.63, 3.8) is 0 Å². The zero-order valence-corrected chi connectivity index (χ0v) is 23.8. The molecule has 1 saturated carbocycles. The van der Waals surface area contributed by atoms with E-state index in [2.05, 4.69) is 59.5 Å². The van der Waals surface area contributed by atoms with Gasteiger partial charge >= 0.3 is 0 Å². The van der Waals surface area contributed by atoms with Gasteiger partial charge in [0.2, 0.25) is 0 Å². The molecule has 3 unspecified atom stereocenters. The fourth-order valence-electron chi connectivity index (χ4n) is 7.39. The van der Waals surface area contributed by atoms with Crippen molar-refractivity contribution < 1.29 is 9.47 Å². The maximum Gasteiger partial charge on any atom is 0.161 e. The van der Waals surface area contributed by atoms with Gasteiger partial charge in [-0.15, -0.1) is 0 Å². The third-order valence-electron chi connectivity index (χ3n) is 9.48. The molecule has 0 spiro atoms. The fraction of sp³-hybridized carbons (Fsp3) is 0.594. The summed E-state index contributed by atoms with van der Waals surface area (Å²) in [7, 11) is 3.34. The van der Waals surface area contributed by atoms with Gasteiger partial charge in [0, 0.05) is 42.1 Å². The Balaban J connectivity index is 1.22. The van der Waals surface area contributed by atoms with Crippen LogP contribution in [0, 0.1) is 6.92 Å². The highest BCUT2D eigenvalue weighted by Gasteiger charge is 2.40. The SMILES string of the molecule is CCC1CC(c2cc(C)c3nc(-c4ccc(OC)c(OC)c4)cn3c2)CC(C)N1C1CCN(C2CC2)CC1. The molecule has 38 heavy (non-hydrogen) atoms. The number of aryl methyl sites for hydroxylation is 1. The number of aromatic nitrogens is 2. The Kier molecular flexibility index (Phi) is 7.12. The largest absolute Gasteiger partial charge is 0.493 e. The summed E-state index contributed by atoms with van der Waals surface area (Å²) < 4.78 is 13.2. The van der Waals surface area contributed by atoms with Gasteiger partial charge in [-0.3, -0.25) is 4.90 Å². The van der Waals surface area contributed by atoms with Gasteiger partial charge in [-0.1, -0.05) is 13.0 Å². The van der Waals surface area contributed by atoms with Crippen LogP contribution in [-0.2, 0) is 0 Å². The number of piperidine rings is 2. The van der Waals surface area contributed by atoms with E-state index in [4.69, 9.17) is 14.5 Å². The second-order valence-electron chi connectivity index (χ2n) is 11.9. The van der Waals surface area contributed by atoms with Gasteiger partial charge in [-0.05, 0) is 107 Å². The number of fused-ring (bicyclic) bond motifs is 1. The summed E-state index contributed by atoms with van der Waals surface area (Å²) in [6.07, 6.45) is 13.8. The summed E-state index contributed by atoms with van der Waals surface area (Å²) in [5, 5.41) is 0. The first-order valence-electron chi connectivity index (χ1n) is 14.7. The van der Waals surface area contributed by atoms with Crippen molar-refractivity contribution in [3.05, 3.63) is 47.8 Å². The molecule has 1 aromatic carbocycles. The van der Waals surface area contributed by atoms with Crippen LogP contribution in [0.25, 0.3) is 16.9 Å². The summed E-state index contributed by atoms with van der Waals surface area (Å²) in [6.45, 7) is 9.69. The summed E-state index contributed by atoms with van der Waals surface area (Å²) in [6, 6.07) is 11.4. The Morgan fingerprint density at radius 3 is 2.37 bits per heavy atom. The standard InChI is InChI=1S/C32H44N4O2/c1-6-26-17-24(16-22(3)36(26)28-11-13-34(14-12-28)27-8-9-27)25-15-21(2)32-33-29(20-35(32)19-25)23-7-10-30(37-4)31(18-23)38-5/h7,10,15,18-20,22,24,26-28H,6,8-9,11-14,16-17H2,1-5H3. The molecule has 6 heteroatoms. The zero-order valence-electron chi connectivity index (χ0n) is 23.8. The second kappa shape index (κ2) is 10.5. The number of methoxy groups -OCH3 is 2. The lowest BCUT2D eigenvalue weighted by atomic mass is 9.79. The molecule has 0 radical (unpaired) electrons. The Labute approximate surface area is 227 Å². The van der Waals surface area contributed by atoms with E-state index in [0.717, 1.165) is 40.5 Å². The second-order valence-corrected chi connectivity index (χ2v) is 11.9. The molecule has 2 aliphatic heterocycles. The van der Waals surface area contributed by atoms with Crippen LogP contribution in [0.1, 0.15) is 75.8 Å². The Hall–Kier alpha value is -2.57. The molecule has 204 valence electrons. The van der Waals surface area contributed by atoms with Crippen LogP contribution in [0.5, 0.6) is 11.5 Å². The average Bonchev–Trinajstić information content (AvgIpc) is 3.70. The number of pyridine rings is 1. The van der Waals surface area contributed by atoms with E-state index in [-0.39, 0.29) is 0 Å². The smallest absolute Gasteiger partial charge is 0.161 e. The Morgan fingerprint density at radius 2 is 1.68 bits per heavy atom. The molecule has 0 amide bonds. The predicted octanol–water partition coefficient (Wildman–Crippen LogP) is 6.30. The molecule has 0 N–H and O–H groups in total. The van der Waals surface area contributed by atoms with Crippen molar-refractivity contribution in [2.45, 2.75) is 95.8 Å². The number of ether oxygens (including phenoxy) is 2. The minimum Gasteiger partial charge on any atom is -0.493 e. The highest BCUT2D eigenvalue weighted by atomic mass is 16.5. The van der Waals surface area contributed by atoms with Crippen molar-refractivity contribution in [2.24, 2.45) is 0 Å². The highest BCUT2D eigenvalue weighted by Crippen LogP contribution is 2.40. The molecule has 3 aliphatic rings. The summed E-state index contributed by atoms with van der Waals surface area (Å²) in [5.41, 5.74) is 5.72. The molecule has 6 nitrogen and oxygen atoms in total. The van der Waals surface area contributed by atoms with E-state index >= 15 is 0 Å². The van der Waals surface area contributed by atoms with Crippen LogP contribution in [0.2, 0.25) is 0 Å². The van der Waals surface area contributed by atoms with E-state index in [0.29, 0.717) is 18.0 Å². The van der Waals surface area contributed by atoms with Crippen LogP contribution in [0.4, 0.5) is 0 Å². The van der Waals surface area contributed by atoms with Gasteiger partial charge < -0.3 is 18.8 Å². The Morgan fingerprint density at radius 1 is 0.921 bits per heavy atom. The summed E-state index contributed by atoms with van der Waals surface area (Å²) >= 11 is 0. The molecular weight excluding hydrogens is 472 g/mol. The molecule has 0 bridgehead atoms. The third kappa shape index (κ3) is 4.82. The Bertz CT molecular complexity index is 1270. The minimum atomic E-state index is 0.591. The first kappa shape index (κ1) is 25.7. The van der Waals surface area contributed by atoms with Crippen molar-refractivity contribution >= 4 is 5.65 Å². The number of nitrogens with zero attached hydrogens (tertiary/aromatic N) is 4. The predicted molar refractivity (Wildman–Crippen MR) is 153 cm³/mol. The van der Waals surface area contributed by atoms with E-state index in [1.807, 2.05) is 12.1 Å². The lowest BCUT2D eigenvalue weighted by Gasteiger charge is -2.50. The van der Waals surface area contributed by atoms with E-state index in [1.165, 1.54) is 69.2 Å². The number of likely N-dealkylation sites (tertiary alicyclic amines) is 2. The van der Waals surface area contributed by atoms with Gasteiger partial charge in [0.1, 0.15) is 5.65 Å². The molecule has 1 aliphatic carbocycles. The maximum atomic E-state index is 5.53. The van der Waals surface area contributed by atoms with Crippen molar-refractivity contribution in [1.82, 2.24) is 19.2 Å². The summed E-state index contributed by atoms with van der Waals surface area (Å²) in [5.74, 6) is 2.05. The van der Waals surface area contributed by atoms with Crippen LogP contribution < -0.4 is 9.47 Å². The van der Waals surface area contributed by atoms with Crippen LogP contribution in [-0.4, -0.2) is 70.7 Å². The lowest BCUT2D eigenvalue weighted by Crippen LogP contribution is -2.55. The number of rotatable bonds is 7. The topological polar surface area (TPSA) is 42.2 Å². The first-order chi connectivity index (χ1) is 18.5. The number of hydrogen-bond donors (Lipinski definition) is 0. The monoisotopic (exact) mass is 516 g/mol. The summed E-state index contributed by atoms with van der Waals surface area (Å²) in [4.78, 5) is 10.7. The van der Waals surface area contributed by atoms with Crippen LogP contribution >= 0.6 is 0 Å². The van der Waals surface area contributed by atoms with E-state index in [9.17, 15) is 0 Å². The molecule has 3 atom stereocenters. The lowest BCUT2D eigenvalue weighted by molar-refractivity contribution is 0.00459. The van der Waals surface area contributed by atoms with Gasteiger partial charge in [0.05, 0.1) is 19.9 Å². The quantitative estimate of drug-likeness (QED) is 0.369. The average molecular weight is 517 g/mol. The number of benzene rings is 1. The van der Waals surface area contributed by atoms with Crippen molar-refractivity contribution in [3.8, 4) is 22.8 Å². The van der Waals surface area contributed by atoms with Crippen molar-refractivity contribution in [1.29, 1.82) is 0 Å². The van der Waals surface area contributed by atoms with Crippen LogP contribution in [0.15, 0.2) is 36.7 Å². The van der Waals surface area contributed by atoms with E-state index < -0.39 is 0 Å². The third-order valence-corrected chi connectivity index (χ3v) is 9.48. The molecular formula is C32H44N4O2. The molecule has 3 aromatic rings. The van der Waals surface area contributed by atoms with Gasteiger partial charge in [-0.2, -0.15) is 0 Å². The van der Waals surface area contributed by atoms with Crippen molar-refractivity contribution in [2.75, 3.05) is 27.3 Å². The van der Waals surface area contributed by atoms with Gasteiger partial charge in [-0.25, -0.2) is 4.98 Å².